The fourth-order valence-electron chi connectivity index (χ4n) is 13.6. The van der Waals surface area contributed by atoms with Crippen LogP contribution in [0.3, 0.4) is 0 Å². The third kappa shape index (κ3) is 11.1. The molecule has 0 spiro atoms. The van der Waals surface area contributed by atoms with Crippen molar-refractivity contribution in [3.63, 3.8) is 0 Å². The van der Waals surface area contributed by atoms with Crippen molar-refractivity contribution < 1.29 is 0 Å². The summed E-state index contributed by atoms with van der Waals surface area (Å²) in [6.07, 6.45) is 0. The molecule has 1 heterocycles. The maximum atomic E-state index is 2.58. The van der Waals surface area contributed by atoms with Gasteiger partial charge in [-0.2, -0.15) is 0 Å². The van der Waals surface area contributed by atoms with E-state index in [1.807, 2.05) is 0 Å². The van der Waals surface area contributed by atoms with Gasteiger partial charge in [-0.1, -0.05) is 270 Å². The quantitative estimate of drug-likeness (QED) is 0.138. The molecule has 0 saturated carbocycles. The molecule has 0 amide bonds. The lowest BCUT2D eigenvalue weighted by atomic mass is 9.85. The maximum absolute atomic E-state index is 2.58. The van der Waals surface area contributed by atoms with Crippen molar-refractivity contribution in [2.45, 2.75) is 157 Å². The van der Waals surface area contributed by atoms with E-state index in [1.165, 1.54) is 115 Å². The molecule has 2 heteroatoms. The van der Waals surface area contributed by atoms with Crippen LogP contribution in [0.1, 0.15) is 158 Å². The van der Waals surface area contributed by atoms with Crippen LogP contribution in [0.4, 0.5) is 17.1 Å². The van der Waals surface area contributed by atoms with E-state index >= 15 is 0 Å². The first-order chi connectivity index (χ1) is 42.4. The molecular weight excluding hydrogens is 1080 g/mol. The summed E-state index contributed by atoms with van der Waals surface area (Å²) in [7, 11) is 0. The molecule has 0 saturated heterocycles. The molecule has 0 aliphatic carbocycles. The highest BCUT2D eigenvalue weighted by Gasteiger charge is 2.27. The molecular formula is C88H90N2. The van der Waals surface area contributed by atoms with Gasteiger partial charge in [0.05, 0.1) is 22.4 Å². The van der Waals surface area contributed by atoms with Gasteiger partial charge in [0.25, 0.3) is 0 Å². The molecule has 0 aliphatic rings. The van der Waals surface area contributed by atoms with Crippen LogP contribution in [0.25, 0.3) is 104 Å². The topological polar surface area (TPSA) is 8.17 Å². The Balaban J connectivity index is 1.11. The zero-order chi connectivity index (χ0) is 63.8. The predicted octanol–water partition coefficient (Wildman–Crippen LogP) is 25.6. The first-order valence-corrected chi connectivity index (χ1v) is 32.7. The monoisotopic (exact) mass is 1170 g/mol. The zero-order valence-electron chi connectivity index (χ0n) is 56.7. The van der Waals surface area contributed by atoms with Crippen LogP contribution < -0.4 is 4.90 Å². The number of benzene rings is 12. The zero-order valence-corrected chi connectivity index (χ0v) is 56.7. The van der Waals surface area contributed by atoms with Crippen LogP contribution in [-0.2, 0) is 32.5 Å². The van der Waals surface area contributed by atoms with E-state index in [9.17, 15) is 0 Å². The largest absolute Gasteiger partial charge is 0.310 e. The highest BCUT2D eigenvalue weighted by Crippen LogP contribution is 2.50. The van der Waals surface area contributed by atoms with E-state index in [4.69, 9.17) is 0 Å². The van der Waals surface area contributed by atoms with E-state index < -0.39 is 0 Å². The molecule has 2 nitrogen and oxygen atoms in total. The number of nitrogens with zero attached hydrogens (tertiary/aromatic N) is 2. The molecule has 13 aromatic rings. The normalized spacial score (nSPS) is 13.0. The third-order valence-electron chi connectivity index (χ3n) is 19.3. The van der Waals surface area contributed by atoms with Crippen LogP contribution in [0, 0.1) is 0 Å². The van der Waals surface area contributed by atoms with Gasteiger partial charge in [-0.15, -0.1) is 0 Å². The average molecular weight is 1180 g/mol. The lowest BCUT2D eigenvalue weighted by Crippen LogP contribution is -2.12. The van der Waals surface area contributed by atoms with Crippen molar-refractivity contribution >= 4 is 71.2 Å². The van der Waals surface area contributed by atoms with Gasteiger partial charge in [0, 0.05) is 32.9 Å². The third-order valence-corrected chi connectivity index (χ3v) is 19.3. The number of anilines is 3. The molecule has 13 rings (SSSR count). The summed E-state index contributed by atoms with van der Waals surface area (Å²) in [6.45, 7) is 41.5. The van der Waals surface area contributed by atoms with Gasteiger partial charge >= 0.3 is 0 Å². The second-order valence-electron chi connectivity index (χ2n) is 32.1. The number of hydrogen-bond acceptors (Lipinski definition) is 1. The Hall–Kier alpha value is -8.72. The Morgan fingerprint density at radius 2 is 0.522 bits per heavy atom. The average Bonchev–Trinajstić information content (AvgIpc) is 1.28. The Bertz CT molecular complexity index is 4480. The summed E-state index contributed by atoms with van der Waals surface area (Å²) >= 11 is 0. The second kappa shape index (κ2) is 21.5. The minimum Gasteiger partial charge on any atom is -0.310 e. The Morgan fingerprint density at radius 1 is 0.233 bits per heavy atom. The molecule has 12 aromatic carbocycles. The fraction of sp³-hybridized carbons (Fsp3) is 0.273. The highest BCUT2D eigenvalue weighted by molar-refractivity contribution is 6.27. The van der Waals surface area contributed by atoms with Gasteiger partial charge in [0.15, 0.2) is 0 Å². The summed E-state index contributed by atoms with van der Waals surface area (Å²) in [5.74, 6) is 0. The van der Waals surface area contributed by atoms with Gasteiger partial charge in [-0.3, -0.25) is 0 Å². The maximum Gasteiger partial charge on any atom is 0.0541 e. The predicted molar refractivity (Wildman–Crippen MR) is 393 cm³/mol. The van der Waals surface area contributed by atoms with E-state index in [-0.39, 0.29) is 32.5 Å². The van der Waals surface area contributed by atoms with E-state index in [1.54, 1.807) is 0 Å². The SMILES string of the molecule is CC(C)(C)c1ccc(-c2cc(-c3ccc(C(C)(C)C)cc3)cc(N(c3cc(-c4ccc(C(C)(C)C)cc4)cc(-c4ccc(C(C)(C)C)cc4)c3)c3ccc4ccc5c(-n6c7ccc(C(C)(C)C)cc7c7cc(C(C)(C)C)ccc76)ccc6ccc3c4c65)c2)cc1. The smallest absolute Gasteiger partial charge is 0.0541 e. The second-order valence-corrected chi connectivity index (χ2v) is 32.1. The first kappa shape index (κ1) is 60.2. The molecule has 0 atom stereocenters. The Labute approximate surface area is 536 Å². The molecule has 0 bridgehead atoms. The summed E-state index contributed by atoms with van der Waals surface area (Å²) in [6, 6.07) is 85.2. The van der Waals surface area contributed by atoms with Crippen molar-refractivity contribution in [3.8, 4) is 50.2 Å². The molecule has 90 heavy (non-hydrogen) atoms. The number of aromatic nitrogens is 1. The first-order valence-electron chi connectivity index (χ1n) is 32.7. The van der Waals surface area contributed by atoms with E-state index in [0.29, 0.717) is 0 Å². The van der Waals surface area contributed by atoms with Crippen LogP contribution in [0.15, 0.2) is 218 Å². The molecule has 0 fully saturated rings. The van der Waals surface area contributed by atoms with Crippen LogP contribution in [-0.4, -0.2) is 4.57 Å². The summed E-state index contributed by atoms with van der Waals surface area (Å²) < 4.78 is 2.55. The molecule has 452 valence electrons. The van der Waals surface area contributed by atoms with Crippen molar-refractivity contribution in [2.75, 3.05) is 4.90 Å². The van der Waals surface area contributed by atoms with Crippen molar-refractivity contribution in [2.24, 2.45) is 0 Å². The van der Waals surface area contributed by atoms with Crippen molar-refractivity contribution in [1.82, 2.24) is 4.57 Å². The van der Waals surface area contributed by atoms with E-state index in [0.717, 1.165) is 39.3 Å². The van der Waals surface area contributed by atoms with Crippen LogP contribution in [0.2, 0.25) is 0 Å². The molecule has 0 N–H and O–H groups in total. The van der Waals surface area contributed by atoms with Gasteiger partial charge in [-0.25, -0.2) is 0 Å². The summed E-state index contributed by atoms with van der Waals surface area (Å²) in [5, 5.41) is 10.00. The van der Waals surface area contributed by atoms with Crippen molar-refractivity contribution in [3.05, 3.63) is 252 Å². The Kier molecular flexibility index (Phi) is 14.4. The highest BCUT2D eigenvalue weighted by atomic mass is 15.1. The van der Waals surface area contributed by atoms with Gasteiger partial charge < -0.3 is 9.47 Å². The summed E-state index contributed by atoms with van der Waals surface area (Å²) in [4.78, 5) is 2.58. The van der Waals surface area contributed by atoms with Crippen molar-refractivity contribution in [1.29, 1.82) is 0 Å². The molecule has 0 radical (unpaired) electrons. The number of hydrogen-bond donors (Lipinski definition) is 0. The van der Waals surface area contributed by atoms with Crippen LogP contribution >= 0.6 is 0 Å². The molecule has 0 unspecified atom stereocenters. The number of rotatable bonds is 8. The van der Waals surface area contributed by atoms with Gasteiger partial charge in [-0.05, 0) is 205 Å². The minimum absolute atomic E-state index is 0.000583. The molecule has 0 aliphatic heterocycles. The lowest BCUT2D eigenvalue weighted by Gasteiger charge is -2.30. The lowest BCUT2D eigenvalue weighted by molar-refractivity contribution is 0.590. The van der Waals surface area contributed by atoms with Gasteiger partial charge in [0.1, 0.15) is 0 Å². The van der Waals surface area contributed by atoms with Gasteiger partial charge in [0.2, 0.25) is 0 Å². The Morgan fingerprint density at radius 3 is 0.856 bits per heavy atom. The van der Waals surface area contributed by atoms with E-state index in [2.05, 4.69) is 352 Å². The number of fused-ring (bicyclic) bond motifs is 3. The molecule has 1 aromatic heterocycles. The fourth-order valence-corrected chi connectivity index (χ4v) is 13.6. The van der Waals surface area contributed by atoms with Crippen LogP contribution in [0.5, 0.6) is 0 Å². The summed E-state index contributed by atoms with van der Waals surface area (Å²) in [5.41, 5.74) is 24.3. The minimum atomic E-state index is -0.000583. The standard InChI is InChI=1S/C88H90N2/c1-83(2,3)65-31-19-55(20-32-65)61-47-62(56-21-33-66(34-22-56)84(4,5)6)50-71(49-61)89(72-51-63(57-23-35-67(36-24-57)85(7,8)9)48-64(52-72)58-25-37-68(38-26-58)86(10,11)12)77-43-29-59-28-42-74-78(44-30-60-27-41-73(77)81(59)82(60)74)90-79-45-39-69(87(13,14)15)53-75(79)76-54-70(88(16,17)18)40-46-80(76)90/h19-54H,1-18H3.